The normalized spacial score (nSPS) is 15.4. The van der Waals surface area contributed by atoms with Crippen molar-refractivity contribution >= 4 is 28.3 Å². The van der Waals surface area contributed by atoms with Crippen LogP contribution in [0.5, 0.6) is 5.75 Å². The summed E-state index contributed by atoms with van der Waals surface area (Å²) < 4.78 is 21.5. The molecule has 2 aromatic heterocycles. The number of piperazine rings is 1. The number of fused-ring (bicyclic) bond motifs is 1. The van der Waals surface area contributed by atoms with E-state index in [4.69, 9.17) is 16.3 Å². The molecule has 1 aliphatic heterocycles. The van der Waals surface area contributed by atoms with Gasteiger partial charge in [0.1, 0.15) is 11.6 Å². The predicted octanol–water partition coefficient (Wildman–Crippen LogP) is 3.05. The second kappa shape index (κ2) is 7.70. The molecule has 4 rings (SSSR count). The van der Waals surface area contributed by atoms with Crippen LogP contribution in [0.15, 0.2) is 36.7 Å². The predicted molar refractivity (Wildman–Crippen MR) is 104 cm³/mol. The Hall–Kier alpha value is -2.38. The monoisotopic (exact) mass is 389 g/mol. The lowest BCUT2D eigenvalue weighted by atomic mass is 10.2. The average Bonchev–Trinajstić information content (AvgIpc) is 3.10. The molecule has 0 amide bonds. The summed E-state index contributed by atoms with van der Waals surface area (Å²) in [6, 6.07) is 6.92. The number of hydrogen-bond acceptors (Lipinski definition) is 5. The number of rotatable bonds is 5. The summed E-state index contributed by atoms with van der Waals surface area (Å²) in [5.74, 6) is 0.180. The van der Waals surface area contributed by atoms with Crippen molar-refractivity contribution in [1.29, 1.82) is 0 Å². The SMILES string of the molecule is COc1cc(N2CCN(CCn3cc4cccnc4n3)CC2)c(F)cc1Cl. The quantitative estimate of drug-likeness (QED) is 0.671. The second-order valence-electron chi connectivity index (χ2n) is 6.58. The van der Waals surface area contributed by atoms with Crippen molar-refractivity contribution in [2.75, 3.05) is 44.7 Å². The van der Waals surface area contributed by atoms with E-state index in [-0.39, 0.29) is 5.82 Å². The Labute approximate surface area is 162 Å². The fourth-order valence-electron chi connectivity index (χ4n) is 3.39. The number of halogens is 2. The zero-order valence-corrected chi connectivity index (χ0v) is 15.9. The number of aromatic nitrogens is 3. The van der Waals surface area contributed by atoms with E-state index in [0.29, 0.717) is 16.5 Å². The molecule has 0 N–H and O–H groups in total. The second-order valence-corrected chi connectivity index (χ2v) is 6.98. The highest BCUT2D eigenvalue weighted by atomic mass is 35.5. The van der Waals surface area contributed by atoms with Gasteiger partial charge in [-0.3, -0.25) is 9.58 Å². The minimum Gasteiger partial charge on any atom is -0.495 e. The fourth-order valence-corrected chi connectivity index (χ4v) is 3.62. The van der Waals surface area contributed by atoms with E-state index in [9.17, 15) is 4.39 Å². The van der Waals surface area contributed by atoms with Gasteiger partial charge in [0, 0.05) is 56.6 Å². The summed E-state index contributed by atoms with van der Waals surface area (Å²) in [7, 11) is 1.54. The zero-order valence-electron chi connectivity index (χ0n) is 15.1. The smallest absolute Gasteiger partial charge is 0.181 e. The minimum absolute atomic E-state index is 0.290. The first-order chi connectivity index (χ1) is 13.1. The van der Waals surface area contributed by atoms with Gasteiger partial charge in [-0.05, 0) is 18.2 Å². The van der Waals surface area contributed by atoms with Crippen molar-refractivity contribution in [2.45, 2.75) is 6.54 Å². The Morgan fingerprint density at radius 3 is 2.74 bits per heavy atom. The molecule has 1 aliphatic rings. The third-order valence-electron chi connectivity index (χ3n) is 4.91. The summed E-state index contributed by atoms with van der Waals surface area (Å²) in [6.45, 7) is 4.94. The van der Waals surface area contributed by atoms with Gasteiger partial charge in [0.05, 0.1) is 24.4 Å². The molecule has 0 unspecified atom stereocenters. The van der Waals surface area contributed by atoms with Crippen molar-refractivity contribution < 1.29 is 9.13 Å². The summed E-state index contributed by atoms with van der Waals surface area (Å²) in [6.07, 6.45) is 3.78. The molecule has 0 radical (unpaired) electrons. The van der Waals surface area contributed by atoms with Crippen molar-refractivity contribution in [2.24, 2.45) is 0 Å². The number of anilines is 1. The fraction of sp³-hybridized carbons (Fsp3) is 0.368. The molecule has 1 aromatic carbocycles. The standard InChI is InChI=1S/C19H21ClFN5O/c1-27-18-12-17(16(21)11-15(18)20)25-8-5-24(6-9-25)7-10-26-13-14-3-2-4-22-19(14)23-26/h2-4,11-13H,5-10H2,1H3. The largest absolute Gasteiger partial charge is 0.495 e. The van der Waals surface area contributed by atoms with Crippen LogP contribution in [0.1, 0.15) is 0 Å². The van der Waals surface area contributed by atoms with Gasteiger partial charge in [0.25, 0.3) is 0 Å². The number of hydrogen-bond donors (Lipinski definition) is 0. The number of nitrogens with zero attached hydrogens (tertiary/aromatic N) is 5. The molecule has 0 spiro atoms. The molecule has 0 aliphatic carbocycles. The van der Waals surface area contributed by atoms with Gasteiger partial charge < -0.3 is 9.64 Å². The van der Waals surface area contributed by atoms with Gasteiger partial charge in [-0.2, -0.15) is 5.10 Å². The molecule has 27 heavy (non-hydrogen) atoms. The highest BCUT2D eigenvalue weighted by Gasteiger charge is 2.21. The van der Waals surface area contributed by atoms with E-state index in [1.54, 1.807) is 12.3 Å². The molecule has 0 bridgehead atoms. The van der Waals surface area contributed by atoms with Gasteiger partial charge in [-0.1, -0.05) is 11.6 Å². The van der Waals surface area contributed by atoms with E-state index in [2.05, 4.69) is 15.0 Å². The van der Waals surface area contributed by atoms with Crippen molar-refractivity contribution in [3.8, 4) is 5.75 Å². The van der Waals surface area contributed by atoms with Gasteiger partial charge in [0.15, 0.2) is 5.65 Å². The molecular weight excluding hydrogens is 369 g/mol. The molecule has 1 fully saturated rings. The Bertz CT molecular complexity index is 906. The Morgan fingerprint density at radius 2 is 2.00 bits per heavy atom. The van der Waals surface area contributed by atoms with Crippen molar-refractivity contribution in [3.05, 3.63) is 47.5 Å². The first kappa shape index (κ1) is 18.0. The molecule has 3 heterocycles. The highest BCUT2D eigenvalue weighted by Crippen LogP contribution is 2.32. The van der Waals surface area contributed by atoms with E-state index < -0.39 is 0 Å². The van der Waals surface area contributed by atoms with Gasteiger partial charge >= 0.3 is 0 Å². The number of benzene rings is 1. The summed E-state index contributed by atoms with van der Waals surface area (Å²) in [5, 5.41) is 5.83. The summed E-state index contributed by atoms with van der Waals surface area (Å²) in [5.41, 5.74) is 1.31. The van der Waals surface area contributed by atoms with Crippen LogP contribution in [0.3, 0.4) is 0 Å². The van der Waals surface area contributed by atoms with Gasteiger partial charge in [0.2, 0.25) is 0 Å². The maximum atomic E-state index is 14.3. The van der Waals surface area contributed by atoms with Gasteiger partial charge in [-0.25, -0.2) is 9.37 Å². The lowest BCUT2D eigenvalue weighted by Gasteiger charge is -2.36. The summed E-state index contributed by atoms with van der Waals surface area (Å²) in [4.78, 5) is 8.66. The van der Waals surface area contributed by atoms with E-state index >= 15 is 0 Å². The van der Waals surface area contributed by atoms with Gasteiger partial charge in [-0.15, -0.1) is 0 Å². The topological polar surface area (TPSA) is 46.4 Å². The maximum Gasteiger partial charge on any atom is 0.181 e. The Kier molecular flexibility index (Phi) is 5.13. The molecule has 0 saturated carbocycles. The van der Waals surface area contributed by atoms with Crippen LogP contribution in [0, 0.1) is 5.82 Å². The first-order valence-electron chi connectivity index (χ1n) is 8.92. The van der Waals surface area contributed by atoms with Crippen LogP contribution in [-0.2, 0) is 6.54 Å². The lowest BCUT2D eigenvalue weighted by Crippen LogP contribution is -2.47. The van der Waals surface area contributed by atoms with Crippen LogP contribution in [0.2, 0.25) is 5.02 Å². The molecule has 0 atom stereocenters. The van der Waals surface area contributed by atoms with Crippen molar-refractivity contribution in [1.82, 2.24) is 19.7 Å². The molecule has 1 saturated heterocycles. The third kappa shape index (κ3) is 3.84. The van der Waals surface area contributed by atoms with Crippen LogP contribution >= 0.6 is 11.6 Å². The number of pyridine rings is 1. The van der Waals surface area contributed by atoms with Crippen molar-refractivity contribution in [3.63, 3.8) is 0 Å². The lowest BCUT2D eigenvalue weighted by molar-refractivity contribution is 0.244. The van der Waals surface area contributed by atoms with Crippen LogP contribution in [0.25, 0.3) is 11.0 Å². The molecule has 142 valence electrons. The molecule has 6 nitrogen and oxygen atoms in total. The number of methoxy groups -OCH3 is 1. The van der Waals surface area contributed by atoms with Crippen LogP contribution in [-0.4, -0.2) is 59.5 Å². The zero-order chi connectivity index (χ0) is 18.8. The van der Waals surface area contributed by atoms with E-state index in [1.165, 1.54) is 13.2 Å². The van der Waals surface area contributed by atoms with Crippen LogP contribution < -0.4 is 9.64 Å². The summed E-state index contributed by atoms with van der Waals surface area (Å²) >= 11 is 5.99. The molecule has 8 heteroatoms. The van der Waals surface area contributed by atoms with E-state index in [0.717, 1.165) is 50.3 Å². The van der Waals surface area contributed by atoms with E-state index in [1.807, 2.05) is 27.9 Å². The molecule has 3 aromatic rings. The first-order valence-corrected chi connectivity index (χ1v) is 9.30. The maximum absolute atomic E-state index is 14.3. The third-order valence-corrected chi connectivity index (χ3v) is 5.20. The van der Waals surface area contributed by atoms with Crippen LogP contribution in [0.4, 0.5) is 10.1 Å². The number of ether oxygens (including phenoxy) is 1. The minimum atomic E-state index is -0.315. The molecular formula is C19H21ClFN5O. The Morgan fingerprint density at radius 1 is 1.19 bits per heavy atom. The Balaban J connectivity index is 1.35. The average molecular weight is 390 g/mol. The highest BCUT2D eigenvalue weighted by molar-refractivity contribution is 6.32.